The van der Waals surface area contributed by atoms with Gasteiger partial charge in [0.15, 0.2) is 11.6 Å². The maximum Gasteiger partial charge on any atom is 0.439 e. The summed E-state index contributed by atoms with van der Waals surface area (Å²) in [6, 6.07) is 26.3. The number of alkyl halides is 6. The third-order valence-corrected chi connectivity index (χ3v) is 6.21. The van der Waals surface area contributed by atoms with Crippen LogP contribution in [0, 0.1) is 5.82 Å². The van der Waals surface area contributed by atoms with Gasteiger partial charge in [0.2, 0.25) is 0 Å². The summed E-state index contributed by atoms with van der Waals surface area (Å²) in [7, 11) is 0. The first-order valence-electron chi connectivity index (χ1n) is 12.5. The zero-order chi connectivity index (χ0) is 28.9. The van der Waals surface area contributed by atoms with Crippen LogP contribution in [-0.2, 0) is 6.42 Å². The molecular weight excluding hydrogens is 533 g/mol. The van der Waals surface area contributed by atoms with Crippen molar-refractivity contribution in [2.45, 2.75) is 38.2 Å². The minimum absolute atomic E-state index is 0.273. The SMILES string of the molecule is CCCc1ccc(-c2ccc(/C=C/c3ccc(-c4ccc(OC(F)(F)C(F)C(F)(F)F)c(F)c4)cc3)cc2)cc1. The van der Waals surface area contributed by atoms with Crippen LogP contribution in [0.3, 0.4) is 0 Å². The second kappa shape index (κ2) is 12.0. The van der Waals surface area contributed by atoms with Gasteiger partial charge in [-0.2, -0.15) is 22.0 Å². The Morgan fingerprint density at radius 3 is 1.57 bits per heavy atom. The van der Waals surface area contributed by atoms with Gasteiger partial charge in [0.25, 0.3) is 6.17 Å². The van der Waals surface area contributed by atoms with Crippen LogP contribution in [-0.4, -0.2) is 18.5 Å². The van der Waals surface area contributed by atoms with Crippen LogP contribution in [0.5, 0.6) is 5.75 Å². The van der Waals surface area contributed by atoms with Gasteiger partial charge in [-0.3, -0.25) is 0 Å². The summed E-state index contributed by atoms with van der Waals surface area (Å²) in [6.07, 6.45) is -9.75. The van der Waals surface area contributed by atoms with Crippen LogP contribution in [0.2, 0.25) is 0 Å². The van der Waals surface area contributed by atoms with Crippen LogP contribution < -0.4 is 4.74 Å². The number of hydrogen-bond donors (Lipinski definition) is 0. The molecule has 8 heteroatoms. The Morgan fingerprint density at radius 1 is 0.675 bits per heavy atom. The van der Waals surface area contributed by atoms with E-state index in [-0.39, 0.29) is 5.56 Å². The average Bonchev–Trinajstić information content (AvgIpc) is 2.93. The highest BCUT2D eigenvalue weighted by atomic mass is 19.4. The molecule has 4 aromatic carbocycles. The molecule has 0 N–H and O–H groups in total. The van der Waals surface area contributed by atoms with Crippen LogP contribution in [0.1, 0.15) is 30.0 Å². The minimum Gasteiger partial charge on any atom is -0.427 e. The summed E-state index contributed by atoms with van der Waals surface area (Å²) < 4.78 is 95.0. The summed E-state index contributed by atoms with van der Waals surface area (Å²) in [4.78, 5) is 0. The molecule has 4 rings (SSSR count). The maximum absolute atomic E-state index is 14.3. The number of halogens is 7. The molecule has 0 aliphatic heterocycles. The largest absolute Gasteiger partial charge is 0.439 e. The van der Waals surface area contributed by atoms with E-state index in [1.54, 1.807) is 24.3 Å². The fraction of sp³-hybridized carbons (Fsp3) is 0.188. The van der Waals surface area contributed by atoms with Crippen LogP contribution >= 0.6 is 0 Å². The van der Waals surface area contributed by atoms with E-state index in [1.807, 2.05) is 36.4 Å². The van der Waals surface area contributed by atoms with E-state index in [1.165, 1.54) is 11.6 Å². The van der Waals surface area contributed by atoms with Crippen molar-refractivity contribution in [2.24, 2.45) is 0 Å². The lowest BCUT2D eigenvalue weighted by Crippen LogP contribution is -2.45. The molecule has 0 spiro atoms. The van der Waals surface area contributed by atoms with E-state index in [0.29, 0.717) is 5.56 Å². The second-order valence-electron chi connectivity index (χ2n) is 9.24. The lowest BCUT2D eigenvalue weighted by molar-refractivity contribution is -0.305. The molecule has 0 bridgehead atoms. The lowest BCUT2D eigenvalue weighted by atomic mass is 10.0. The number of hydrogen-bond acceptors (Lipinski definition) is 1. The third kappa shape index (κ3) is 7.11. The van der Waals surface area contributed by atoms with Gasteiger partial charge in [-0.25, -0.2) is 8.78 Å². The summed E-state index contributed by atoms with van der Waals surface area (Å²) in [5, 5.41) is 0. The van der Waals surface area contributed by atoms with Crippen molar-refractivity contribution in [1.29, 1.82) is 0 Å². The highest BCUT2D eigenvalue weighted by Crippen LogP contribution is 2.38. The van der Waals surface area contributed by atoms with Gasteiger partial charge in [-0.15, -0.1) is 0 Å². The zero-order valence-electron chi connectivity index (χ0n) is 21.4. The molecule has 0 aromatic heterocycles. The molecule has 0 aliphatic rings. The monoisotopic (exact) mass is 558 g/mol. The van der Waals surface area contributed by atoms with Crippen molar-refractivity contribution in [1.82, 2.24) is 0 Å². The number of benzene rings is 4. The van der Waals surface area contributed by atoms with Crippen molar-refractivity contribution in [3.05, 3.63) is 114 Å². The predicted octanol–water partition coefficient (Wildman–Crippen LogP) is 10.2. The highest BCUT2D eigenvalue weighted by molar-refractivity contribution is 5.74. The summed E-state index contributed by atoms with van der Waals surface area (Å²) in [6.45, 7) is 2.15. The van der Waals surface area contributed by atoms with E-state index in [0.717, 1.165) is 47.2 Å². The zero-order valence-corrected chi connectivity index (χ0v) is 21.4. The molecule has 0 heterocycles. The number of aryl methyl sites for hydroxylation is 1. The summed E-state index contributed by atoms with van der Waals surface area (Å²) >= 11 is 0. The molecule has 0 amide bonds. The van der Waals surface area contributed by atoms with Crippen molar-refractivity contribution in [3.63, 3.8) is 0 Å². The summed E-state index contributed by atoms with van der Waals surface area (Å²) in [5.41, 5.74) is 6.21. The molecule has 0 fully saturated rings. The molecule has 4 aromatic rings. The Morgan fingerprint density at radius 2 is 1.12 bits per heavy atom. The maximum atomic E-state index is 14.3. The molecule has 208 valence electrons. The van der Waals surface area contributed by atoms with Crippen molar-refractivity contribution < 1.29 is 35.5 Å². The van der Waals surface area contributed by atoms with Crippen molar-refractivity contribution in [2.75, 3.05) is 0 Å². The molecule has 0 saturated heterocycles. The fourth-order valence-corrected chi connectivity index (χ4v) is 4.07. The Kier molecular flexibility index (Phi) is 8.67. The van der Waals surface area contributed by atoms with Crippen molar-refractivity contribution >= 4 is 12.2 Å². The fourth-order valence-electron chi connectivity index (χ4n) is 4.07. The molecule has 1 unspecified atom stereocenters. The number of ether oxygens (including phenoxy) is 1. The van der Waals surface area contributed by atoms with Gasteiger partial charge in [0.05, 0.1) is 0 Å². The molecule has 0 radical (unpaired) electrons. The standard InChI is InChI=1S/C32H25F7O/c1-2-3-21-6-12-24(13-7-21)25-14-8-22(9-15-25)4-5-23-10-16-26(17-11-23)27-18-19-29(28(33)20-27)40-32(38,39)30(34)31(35,36)37/h4-20,30H,2-3H2,1H3/b5-4+. The topological polar surface area (TPSA) is 9.23 Å². The van der Waals surface area contributed by atoms with Crippen molar-refractivity contribution in [3.8, 4) is 28.0 Å². The molecule has 1 nitrogen and oxygen atoms in total. The first kappa shape index (κ1) is 28.9. The average molecular weight is 559 g/mol. The normalized spacial score (nSPS) is 13.0. The smallest absolute Gasteiger partial charge is 0.427 e. The molecule has 0 aliphatic carbocycles. The van der Waals surface area contributed by atoms with Gasteiger partial charge >= 0.3 is 12.3 Å². The molecule has 0 saturated carbocycles. The Hall–Kier alpha value is -4.07. The van der Waals surface area contributed by atoms with Crippen LogP contribution in [0.4, 0.5) is 30.7 Å². The van der Waals surface area contributed by atoms with Gasteiger partial charge in [0.1, 0.15) is 0 Å². The Balaban J connectivity index is 1.41. The van der Waals surface area contributed by atoms with E-state index >= 15 is 0 Å². The van der Waals surface area contributed by atoms with Crippen LogP contribution in [0.25, 0.3) is 34.4 Å². The first-order valence-corrected chi connectivity index (χ1v) is 12.5. The van der Waals surface area contributed by atoms with Crippen LogP contribution in [0.15, 0.2) is 91.0 Å². The quantitative estimate of drug-likeness (QED) is 0.147. The lowest BCUT2D eigenvalue weighted by Gasteiger charge is -2.23. The Bertz CT molecular complexity index is 1440. The first-order chi connectivity index (χ1) is 19.0. The molecular formula is C32H25F7O. The molecule has 40 heavy (non-hydrogen) atoms. The van der Waals surface area contributed by atoms with E-state index in [4.69, 9.17) is 0 Å². The molecule has 1 atom stereocenters. The van der Waals surface area contributed by atoms with Gasteiger partial charge < -0.3 is 4.74 Å². The summed E-state index contributed by atoms with van der Waals surface area (Å²) in [5.74, 6) is -2.55. The second-order valence-corrected chi connectivity index (χ2v) is 9.24. The van der Waals surface area contributed by atoms with E-state index in [2.05, 4.69) is 35.9 Å². The van der Waals surface area contributed by atoms with Gasteiger partial charge in [-0.1, -0.05) is 104 Å². The van der Waals surface area contributed by atoms with Gasteiger partial charge in [0, 0.05) is 0 Å². The highest BCUT2D eigenvalue weighted by Gasteiger charge is 2.59. The van der Waals surface area contributed by atoms with E-state index in [9.17, 15) is 30.7 Å². The van der Waals surface area contributed by atoms with Gasteiger partial charge in [-0.05, 0) is 57.5 Å². The minimum atomic E-state index is -5.86. The third-order valence-electron chi connectivity index (χ3n) is 6.21. The number of rotatable bonds is 9. The Labute approximate surface area is 227 Å². The van der Waals surface area contributed by atoms with E-state index < -0.39 is 30.0 Å². The predicted molar refractivity (Wildman–Crippen MR) is 143 cm³/mol.